The molecule has 2 aromatic heterocycles. The van der Waals surface area contributed by atoms with Gasteiger partial charge in [0.2, 0.25) is 0 Å². The van der Waals surface area contributed by atoms with Crippen LogP contribution in [0.25, 0.3) is 0 Å². The van der Waals surface area contributed by atoms with Gasteiger partial charge in [-0.2, -0.15) is 5.10 Å². The van der Waals surface area contributed by atoms with Gasteiger partial charge in [0.1, 0.15) is 12.1 Å². The van der Waals surface area contributed by atoms with Crippen LogP contribution < -0.4 is 15.5 Å². The van der Waals surface area contributed by atoms with Gasteiger partial charge in [-0.3, -0.25) is 4.79 Å². The third-order valence-corrected chi connectivity index (χ3v) is 5.71. The Labute approximate surface area is 205 Å². The number of nitrogens with one attached hydrogen (secondary N) is 2. The van der Waals surface area contributed by atoms with Crippen LogP contribution in [-0.2, 0) is 16.0 Å². The Hall–Kier alpha value is -3.02. The number of pyridine rings is 1. The van der Waals surface area contributed by atoms with Crippen LogP contribution in [0.5, 0.6) is 11.5 Å². The number of rotatable bonds is 10. The quantitative estimate of drug-likeness (QED) is 0.226. The van der Waals surface area contributed by atoms with Crippen molar-refractivity contribution in [1.29, 1.82) is 0 Å². The minimum atomic E-state index is -1.13. The lowest BCUT2D eigenvalue weighted by Gasteiger charge is -2.24. The van der Waals surface area contributed by atoms with E-state index in [1.54, 1.807) is 18.0 Å². The number of benzene rings is 1. The highest BCUT2D eigenvalue weighted by Gasteiger charge is 2.34. The summed E-state index contributed by atoms with van der Waals surface area (Å²) in [5.74, 6) is 1.40. The molecule has 3 rings (SSSR count). The molecule has 2 heterocycles. The minimum Gasteiger partial charge on any atom is -0.453 e. The van der Waals surface area contributed by atoms with Crippen LogP contribution in [0.2, 0.25) is 0 Å². The van der Waals surface area contributed by atoms with Gasteiger partial charge in [-0.1, -0.05) is 18.2 Å². The number of para-hydroxylation sites is 1. The number of hydrazone groups is 1. The summed E-state index contributed by atoms with van der Waals surface area (Å²) in [5, 5.41) is 9.58. The molecule has 3 aromatic rings. The molecule has 0 saturated carbocycles. The molecule has 1 amide bonds. The predicted octanol–water partition coefficient (Wildman–Crippen LogP) is 4.41. The lowest BCUT2D eigenvalue weighted by molar-refractivity contribution is -0.141. The summed E-state index contributed by atoms with van der Waals surface area (Å²) in [6.45, 7) is 1.70. The van der Waals surface area contributed by atoms with Crippen LogP contribution in [0.15, 0.2) is 57.5 Å². The smallest absolute Gasteiger partial charge is 0.272 e. The molecule has 0 aliphatic rings. The van der Waals surface area contributed by atoms with E-state index in [-0.39, 0.29) is 12.3 Å². The number of amides is 1. The van der Waals surface area contributed by atoms with E-state index in [0.717, 1.165) is 4.47 Å². The first-order valence-corrected chi connectivity index (χ1v) is 11.6. The number of ether oxygens (including phenoxy) is 2. The topological polar surface area (TPSA) is 101 Å². The van der Waals surface area contributed by atoms with E-state index in [0.29, 0.717) is 28.1 Å². The number of carbonyl (C=O) groups is 1. The SMILES string of the molecule is COC(C)(Cc1csc(Nc2ncc(Br)cc2Oc2ccccc2)n1)C(=O)N/N=C/N(C)C. The Bertz CT molecular complexity index is 1110. The molecular weight excluding hydrogens is 508 g/mol. The highest BCUT2D eigenvalue weighted by Crippen LogP contribution is 2.33. The van der Waals surface area contributed by atoms with Gasteiger partial charge in [0.05, 0.1) is 5.69 Å². The van der Waals surface area contributed by atoms with E-state index in [4.69, 9.17) is 9.47 Å². The number of nitrogens with zero attached hydrogens (tertiary/aromatic N) is 4. The Kier molecular flexibility index (Phi) is 8.37. The molecule has 2 N–H and O–H groups in total. The van der Waals surface area contributed by atoms with Crippen LogP contribution >= 0.6 is 27.3 Å². The molecule has 1 atom stereocenters. The summed E-state index contributed by atoms with van der Waals surface area (Å²) in [5.41, 5.74) is 2.06. The molecule has 0 bridgehead atoms. The van der Waals surface area contributed by atoms with Crippen molar-refractivity contribution in [3.63, 3.8) is 0 Å². The molecule has 1 unspecified atom stereocenters. The van der Waals surface area contributed by atoms with Crippen LogP contribution in [0.1, 0.15) is 12.6 Å². The number of anilines is 2. The van der Waals surface area contributed by atoms with Gasteiger partial charge in [0, 0.05) is 49.7 Å². The molecule has 33 heavy (non-hydrogen) atoms. The van der Waals surface area contributed by atoms with Crippen LogP contribution in [0.3, 0.4) is 0 Å². The second kappa shape index (κ2) is 11.2. The van der Waals surface area contributed by atoms with Crippen molar-refractivity contribution < 1.29 is 14.3 Å². The van der Waals surface area contributed by atoms with Crippen LogP contribution in [0.4, 0.5) is 10.9 Å². The van der Waals surface area contributed by atoms with E-state index < -0.39 is 5.60 Å². The largest absolute Gasteiger partial charge is 0.453 e. The highest BCUT2D eigenvalue weighted by atomic mass is 79.9. The first kappa shape index (κ1) is 24.6. The summed E-state index contributed by atoms with van der Waals surface area (Å²) in [4.78, 5) is 23.3. The van der Waals surface area contributed by atoms with E-state index >= 15 is 0 Å². The van der Waals surface area contributed by atoms with Gasteiger partial charge in [0.25, 0.3) is 5.91 Å². The molecule has 9 nitrogen and oxygen atoms in total. The van der Waals surface area contributed by atoms with E-state index in [1.165, 1.54) is 24.8 Å². The van der Waals surface area contributed by atoms with Gasteiger partial charge >= 0.3 is 0 Å². The number of methoxy groups -OCH3 is 1. The molecular formula is C22H25BrN6O3S. The highest BCUT2D eigenvalue weighted by molar-refractivity contribution is 9.10. The fourth-order valence-electron chi connectivity index (χ4n) is 2.67. The number of hydrogen-bond acceptors (Lipinski definition) is 8. The third kappa shape index (κ3) is 6.98. The molecule has 0 fully saturated rings. The first-order valence-electron chi connectivity index (χ1n) is 9.94. The van der Waals surface area contributed by atoms with Gasteiger partial charge in [-0.15, -0.1) is 11.3 Å². The van der Waals surface area contributed by atoms with Crippen molar-refractivity contribution in [3.05, 3.63) is 58.1 Å². The van der Waals surface area contributed by atoms with Crippen molar-refractivity contribution in [3.8, 4) is 11.5 Å². The third-order valence-electron chi connectivity index (χ3n) is 4.47. The van der Waals surface area contributed by atoms with Crippen molar-refractivity contribution in [1.82, 2.24) is 20.3 Å². The summed E-state index contributed by atoms with van der Waals surface area (Å²) < 4.78 is 12.3. The van der Waals surface area contributed by atoms with Crippen molar-refractivity contribution >= 4 is 50.5 Å². The maximum Gasteiger partial charge on any atom is 0.272 e. The van der Waals surface area contributed by atoms with Crippen LogP contribution in [0, 0.1) is 0 Å². The molecule has 0 radical (unpaired) electrons. The Morgan fingerprint density at radius 2 is 2.09 bits per heavy atom. The maximum absolute atomic E-state index is 12.6. The number of halogens is 1. The molecule has 11 heteroatoms. The summed E-state index contributed by atoms with van der Waals surface area (Å²) in [7, 11) is 5.11. The van der Waals surface area contributed by atoms with Crippen molar-refractivity contribution in [2.24, 2.45) is 5.10 Å². The molecule has 0 aliphatic carbocycles. The van der Waals surface area contributed by atoms with Gasteiger partial charge in [0.15, 0.2) is 22.3 Å². The molecule has 0 saturated heterocycles. The molecule has 0 spiro atoms. The summed E-state index contributed by atoms with van der Waals surface area (Å²) in [6.07, 6.45) is 3.45. The normalized spacial score (nSPS) is 12.9. The Morgan fingerprint density at radius 1 is 1.33 bits per heavy atom. The number of carbonyl (C=O) groups excluding carboxylic acids is 1. The lowest BCUT2D eigenvalue weighted by Crippen LogP contribution is -2.46. The summed E-state index contributed by atoms with van der Waals surface area (Å²) >= 11 is 4.83. The fourth-order valence-corrected chi connectivity index (χ4v) is 3.69. The van der Waals surface area contributed by atoms with E-state index in [9.17, 15) is 4.79 Å². The van der Waals surface area contributed by atoms with Gasteiger partial charge in [-0.05, 0) is 35.0 Å². The zero-order valence-corrected chi connectivity index (χ0v) is 21.1. The predicted molar refractivity (Wildman–Crippen MR) is 133 cm³/mol. The van der Waals surface area contributed by atoms with Crippen molar-refractivity contribution in [2.75, 3.05) is 26.5 Å². The van der Waals surface area contributed by atoms with Crippen LogP contribution in [-0.4, -0.2) is 53.9 Å². The zero-order valence-electron chi connectivity index (χ0n) is 18.7. The number of thiazole rings is 1. The average Bonchev–Trinajstić information content (AvgIpc) is 3.22. The van der Waals surface area contributed by atoms with E-state index in [2.05, 4.69) is 41.7 Å². The molecule has 174 valence electrons. The number of aromatic nitrogens is 2. The average molecular weight is 533 g/mol. The first-order chi connectivity index (χ1) is 15.8. The summed E-state index contributed by atoms with van der Waals surface area (Å²) in [6, 6.07) is 11.3. The zero-order chi connectivity index (χ0) is 23.8. The molecule has 1 aromatic carbocycles. The second-order valence-electron chi connectivity index (χ2n) is 7.45. The van der Waals surface area contributed by atoms with Gasteiger partial charge < -0.3 is 19.7 Å². The number of hydrogen-bond donors (Lipinski definition) is 2. The van der Waals surface area contributed by atoms with Gasteiger partial charge in [-0.25, -0.2) is 15.4 Å². The molecule has 0 aliphatic heterocycles. The standard InChI is InChI=1S/C22H25BrN6O3S/c1-22(31-4,20(30)28-25-14-29(2)3)11-16-13-33-21(26-16)27-19-18(10-15(23)12-24-19)32-17-8-6-5-7-9-17/h5-10,12-14H,11H2,1-4H3,(H,28,30)(H,24,26,27)/b25-14+. The van der Waals surface area contributed by atoms with Crippen molar-refractivity contribution in [2.45, 2.75) is 18.9 Å². The Morgan fingerprint density at radius 3 is 2.79 bits per heavy atom. The monoisotopic (exact) mass is 532 g/mol. The second-order valence-corrected chi connectivity index (χ2v) is 9.22. The Balaban J connectivity index is 1.72. The lowest BCUT2D eigenvalue weighted by atomic mass is 9.99. The fraction of sp³-hybridized carbons (Fsp3) is 0.273. The van der Waals surface area contributed by atoms with E-state index in [1.807, 2.05) is 55.9 Å². The maximum atomic E-state index is 12.6. The minimum absolute atomic E-state index is 0.270.